The van der Waals surface area contributed by atoms with Crippen molar-refractivity contribution in [2.75, 3.05) is 23.7 Å². The van der Waals surface area contributed by atoms with E-state index in [1.807, 2.05) is 6.07 Å². The molecule has 1 aromatic heterocycles. The summed E-state index contributed by atoms with van der Waals surface area (Å²) in [5, 5.41) is 0. The van der Waals surface area contributed by atoms with E-state index in [0.717, 1.165) is 27.8 Å². The highest BCUT2D eigenvalue weighted by Gasteiger charge is 2.36. The summed E-state index contributed by atoms with van der Waals surface area (Å²) in [5.41, 5.74) is 6.42. The van der Waals surface area contributed by atoms with E-state index in [0.29, 0.717) is 0 Å². The highest BCUT2D eigenvalue weighted by molar-refractivity contribution is 9.10. The summed E-state index contributed by atoms with van der Waals surface area (Å²) in [7, 11) is 0. The molecule has 1 saturated carbocycles. The molecule has 0 radical (unpaired) electrons. The molecule has 1 aromatic rings. The van der Waals surface area contributed by atoms with Crippen molar-refractivity contribution in [1.82, 2.24) is 4.98 Å². The Hall–Kier alpha value is -0.770. The van der Waals surface area contributed by atoms with E-state index in [1.165, 1.54) is 32.4 Å². The van der Waals surface area contributed by atoms with Crippen molar-refractivity contribution in [2.45, 2.75) is 19.3 Å². The molecule has 2 N–H and O–H groups in total. The largest absolute Gasteiger partial charge is 0.397 e. The number of aromatic nitrogens is 1. The second-order valence-electron chi connectivity index (χ2n) is 4.93. The lowest BCUT2D eigenvalue weighted by atomic mass is 10.0. The van der Waals surface area contributed by atoms with Gasteiger partial charge >= 0.3 is 0 Å². The lowest BCUT2D eigenvalue weighted by molar-refractivity contribution is 0.494. The normalized spacial score (nSPS) is 28.4. The van der Waals surface area contributed by atoms with Crippen LogP contribution in [-0.2, 0) is 0 Å². The summed E-state index contributed by atoms with van der Waals surface area (Å²) in [6, 6.07) is 1.94. The molecule has 1 aliphatic heterocycles. The first kappa shape index (κ1) is 10.4. The molecule has 1 saturated heterocycles. The molecule has 2 unspecified atom stereocenters. The van der Waals surface area contributed by atoms with Gasteiger partial charge in [-0.2, -0.15) is 0 Å². The van der Waals surface area contributed by atoms with Crippen LogP contribution in [0.25, 0.3) is 0 Å². The maximum Gasteiger partial charge on any atom is 0.143 e. The number of hydrogen-bond donors (Lipinski definition) is 1. The van der Waals surface area contributed by atoms with Gasteiger partial charge in [0.15, 0.2) is 0 Å². The van der Waals surface area contributed by atoms with E-state index in [-0.39, 0.29) is 0 Å². The van der Waals surface area contributed by atoms with Gasteiger partial charge in [0.05, 0.1) is 16.4 Å². The minimum absolute atomic E-state index is 0.718. The second-order valence-corrected chi connectivity index (χ2v) is 5.78. The Morgan fingerprint density at radius 2 is 2.00 bits per heavy atom. The van der Waals surface area contributed by atoms with Gasteiger partial charge in [-0.3, -0.25) is 0 Å². The Morgan fingerprint density at radius 3 is 2.62 bits per heavy atom. The van der Waals surface area contributed by atoms with Crippen LogP contribution in [0.5, 0.6) is 0 Å². The van der Waals surface area contributed by atoms with Crippen molar-refractivity contribution >= 4 is 27.4 Å². The summed E-state index contributed by atoms with van der Waals surface area (Å²) in [6.45, 7) is 2.33. The maximum absolute atomic E-state index is 5.71. The Bertz CT molecular complexity index is 395. The molecular weight excluding hydrogens is 266 g/mol. The van der Waals surface area contributed by atoms with Gasteiger partial charge in [0.25, 0.3) is 0 Å². The van der Waals surface area contributed by atoms with Crippen LogP contribution >= 0.6 is 15.9 Å². The predicted molar refractivity (Wildman–Crippen MR) is 69.4 cm³/mol. The quantitative estimate of drug-likeness (QED) is 0.861. The first-order valence-electron chi connectivity index (χ1n) is 5.90. The molecule has 0 bridgehead atoms. The lowest BCUT2D eigenvalue weighted by Gasteiger charge is -2.19. The highest BCUT2D eigenvalue weighted by Crippen LogP contribution is 2.40. The number of nitrogen functional groups attached to an aromatic ring is 1. The van der Waals surface area contributed by atoms with Crippen LogP contribution in [0.1, 0.15) is 19.3 Å². The van der Waals surface area contributed by atoms with Crippen LogP contribution in [0.4, 0.5) is 11.5 Å². The third-order valence-electron chi connectivity index (χ3n) is 3.87. The first-order chi connectivity index (χ1) is 7.74. The van der Waals surface area contributed by atoms with E-state index in [1.54, 1.807) is 6.20 Å². The molecule has 2 atom stereocenters. The number of hydrogen-bond acceptors (Lipinski definition) is 3. The molecule has 1 aliphatic carbocycles. The number of rotatable bonds is 1. The summed E-state index contributed by atoms with van der Waals surface area (Å²) >= 11 is 3.55. The maximum atomic E-state index is 5.71. The standard InChI is InChI=1S/C12H16BrN3/c13-11-4-10(14)5-15-12(11)16-6-8-2-1-3-9(8)7-16/h4-5,8-9H,1-3,6-7,14H2. The van der Waals surface area contributed by atoms with Crippen molar-refractivity contribution < 1.29 is 0 Å². The Morgan fingerprint density at radius 1 is 1.31 bits per heavy atom. The smallest absolute Gasteiger partial charge is 0.143 e. The van der Waals surface area contributed by atoms with Gasteiger partial charge in [-0.25, -0.2) is 4.98 Å². The number of anilines is 2. The molecule has 0 aromatic carbocycles. The minimum Gasteiger partial charge on any atom is -0.397 e. The van der Waals surface area contributed by atoms with Gasteiger partial charge in [-0.1, -0.05) is 6.42 Å². The molecule has 86 valence electrons. The monoisotopic (exact) mass is 281 g/mol. The van der Waals surface area contributed by atoms with E-state index in [4.69, 9.17) is 5.73 Å². The number of fused-ring (bicyclic) bond motifs is 1. The SMILES string of the molecule is Nc1cnc(N2CC3CCCC3C2)c(Br)c1. The van der Waals surface area contributed by atoms with Gasteiger partial charge in [0.2, 0.25) is 0 Å². The molecule has 3 rings (SSSR count). The van der Waals surface area contributed by atoms with Crippen molar-refractivity contribution in [1.29, 1.82) is 0 Å². The fourth-order valence-corrected chi connectivity index (χ4v) is 3.70. The third kappa shape index (κ3) is 1.69. The number of halogens is 1. The summed E-state index contributed by atoms with van der Waals surface area (Å²) in [6.07, 6.45) is 5.95. The molecule has 2 heterocycles. The van der Waals surface area contributed by atoms with Crippen LogP contribution in [0.3, 0.4) is 0 Å². The molecule has 3 nitrogen and oxygen atoms in total. The first-order valence-corrected chi connectivity index (χ1v) is 6.69. The topological polar surface area (TPSA) is 42.1 Å². The fraction of sp³-hybridized carbons (Fsp3) is 0.583. The van der Waals surface area contributed by atoms with Crippen LogP contribution in [-0.4, -0.2) is 18.1 Å². The van der Waals surface area contributed by atoms with Crippen LogP contribution in [0.15, 0.2) is 16.7 Å². The Labute approximate surface area is 104 Å². The fourth-order valence-electron chi connectivity index (χ4n) is 3.09. The number of pyridine rings is 1. The molecule has 16 heavy (non-hydrogen) atoms. The Kier molecular flexibility index (Phi) is 2.54. The van der Waals surface area contributed by atoms with Crippen LogP contribution in [0.2, 0.25) is 0 Å². The minimum atomic E-state index is 0.718. The predicted octanol–water partition coefficient (Wildman–Crippen LogP) is 2.66. The number of nitrogens with zero attached hydrogens (tertiary/aromatic N) is 2. The molecular formula is C12H16BrN3. The zero-order valence-corrected chi connectivity index (χ0v) is 10.8. The average molecular weight is 282 g/mol. The Balaban J connectivity index is 1.83. The molecule has 2 aliphatic rings. The van der Waals surface area contributed by atoms with Gasteiger partial charge < -0.3 is 10.6 Å². The van der Waals surface area contributed by atoms with Gasteiger partial charge in [-0.05, 0) is 46.7 Å². The second kappa shape index (κ2) is 3.91. The zero-order valence-electron chi connectivity index (χ0n) is 9.19. The van der Waals surface area contributed by atoms with Crippen molar-refractivity contribution in [3.8, 4) is 0 Å². The molecule has 0 spiro atoms. The molecule has 0 amide bonds. The van der Waals surface area contributed by atoms with E-state index in [9.17, 15) is 0 Å². The molecule has 2 fully saturated rings. The lowest BCUT2D eigenvalue weighted by Crippen LogP contribution is -2.22. The van der Waals surface area contributed by atoms with E-state index >= 15 is 0 Å². The molecule has 4 heteroatoms. The van der Waals surface area contributed by atoms with Crippen molar-refractivity contribution in [2.24, 2.45) is 11.8 Å². The highest BCUT2D eigenvalue weighted by atomic mass is 79.9. The van der Waals surface area contributed by atoms with E-state index in [2.05, 4.69) is 25.8 Å². The summed E-state index contributed by atoms with van der Waals surface area (Å²) in [4.78, 5) is 6.84. The summed E-state index contributed by atoms with van der Waals surface area (Å²) in [5.74, 6) is 2.85. The third-order valence-corrected chi connectivity index (χ3v) is 4.45. The summed E-state index contributed by atoms with van der Waals surface area (Å²) < 4.78 is 1.02. The van der Waals surface area contributed by atoms with Crippen LogP contribution < -0.4 is 10.6 Å². The number of nitrogens with two attached hydrogens (primary N) is 1. The van der Waals surface area contributed by atoms with E-state index < -0.39 is 0 Å². The van der Waals surface area contributed by atoms with Gasteiger partial charge in [0, 0.05) is 13.1 Å². The van der Waals surface area contributed by atoms with Crippen molar-refractivity contribution in [3.05, 3.63) is 16.7 Å². The van der Waals surface area contributed by atoms with Crippen molar-refractivity contribution in [3.63, 3.8) is 0 Å². The van der Waals surface area contributed by atoms with Gasteiger partial charge in [0.1, 0.15) is 5.82 Å². The van der Waals surface area contributed by atoms with Gasteiger partial charge in [-0.15, -0.1) is 0 Å². The van der Waals surface area contributed by atoms with Crippen LogP contribution in [0, 0.1) is 11.8 Å². The zero-order chi connectivity index (χ0) is 11.1. The average Bonchev–Trinajstić information content (AvgIpc) is 2.76.